The van der Waals surface area contributed by atoms with Crippen LogP contribution in [0.5, 0.6) is 5.75 Å². The molecule has 2 heterocycles. The first-order valence-corrected chi connectivity index (χ1v) is 10.2. The lowest BCUT2D eigenvalue weighted by Gasteiger charge is -2.16. The van der Waals surface area contributed by atoms with Crippen LogP contribution in [-0.2, 0) is 13.5 Å². The summed E-state index contributed by atoms with van der Waals surface area (Å²) >= 11 is 0. The molecule has 4 N–H and O–H groups in total. The number of hydrogen-bond acceptors (Lipinski definition) is 4. The van der Waals surface area contributed by atoms with Crippen molar-refractivity contribution in [1.82, 2.24) is 19.3 Å². The molecule has 2 aromatic heterocycles. The van der Waals surface area contributed by atoms with Gasteiger partial charge in [0.2, 0.25) is 0 Å². The molecule has 0 aliphatic heterocycles. The number of nitrogens with two attached hydrogens (primary N) is 1. The summed E-state index contributed by atoms with van der Waals surface area (Å²) in [5, 5.41) is 18.6. The molecule has 0 unspecified atom stereocenters. The number of nitrogens with one attached hydrogen (secondary N) is 1. The van der Waals surface area contributed by atoms with Gasteiger partial charge in [0.05, 0.1) is 11.3 Å². The quantitative estimate of drug-likeness (QED) is 0.457. The lowest BCUT2D eigenvalue weighted by molar-refractivity contribution is 0.475. The van der Waals surface area contributed by atoms with E-state index in [1.807, 2.05) is 48.1 Å². The minimum Gasteiger partial charge on any atom is -0.507 e. The highest BCUT2D eigenvalue weighted by Gasteiger charge is 2.20. The van der Waals surface area contributed by atoms with E-state index in [0.717, 1.165) is 34.9 Å². The Hall–Kier alpha value is -3.32. The number of aromatic hydroxyl groups is 1. The molecule has 156 valence electrons. The molecule has 0 aliphatic rings. The number of H-pyrrole nitrogens is 1. The van der Waals surface area contributed by atoms with E-state index in [1.165, 1.54) is 4.57 Å². The molecular formula is C23H27N5O2. The minimum atomic E-state index is -0.349. The predicted octanol–water partition coefficient (Wildman–Crippen LogP) is 3.44. The van der Waals surface area contributed by atoms with E-state index >= 15 is 0 Å². The summed E-state index contributed by atoms with van der Waals surface area (Å²) in [5.41, 5.74) is 9.82. The van der Waals surface area contributed by atoms with Crippen LogP contribution in [-0.4, -0.2) is 31.0 Å². The summed E-state index contributed by atoms with van der Waals surface area (Å²) in [7, 11) is 1.98. The largest absolute Gasteiger partial charge is 0.507 e. The van der Waals surface area contributed by atoms with E-state index < -0.39 is 0 Å². The molecule has 7 nitrogen and oxygen atoms in total. The molecule has 0 radical (unpaired) electrons. The molecule has 30 heavy (non-hydrogen) atoms. The van der Waals surface area contributed by atoms with Crippen molar-refractivity contribution in [3.63, 3.8) is 0 Å². The van der Waals surface area contributed by atoms with Gasteiger partial charge in [-0.15, -0.1) is 0 Å². The Balaban J connectivity index is 1.87. The fourth-order valence-electron chi connectivity index (χ4n) is 4.00. The van der Waals surface area contributed by atoms with Crippen LogP contribution in [0.1, 0.15) is 37.3 Å². The average molecular weight is 406 g/mol. The van der Waals surface area contributed by atoms with Crippen molar-refractivity contribution >= 4 is 10.9 Å². The SMILES string of the molecule is CC(C)c1cc(-c2n[nH]c(=O)n2-c2ccc3c(ccn3C)c2)c(O)cc1CCCN. The van der Waals surface area contributed by atoms with Crippen molar-refractivity contribution in [1.29, 1.82) is 0 Å². The van der Waals surface area contributed by atoms with Gasteiger partial charge in [0.1, 0.15) is 5.75 Å². The molecule has 4 rings (SSSR count). The molecule has 4 aromatic rings. The number of hydrogen-bond donors (Lipinski definition) is 3. The second-order valence-electron chi connectivity index (χ2n) is 7.97. The van der Waals surface area contributed by atoms with Crippen molar-refractivity contribution < 1.29 is 5.11 Å². The number of aromatic nitrogens is 4. The fourth-order valence-corrected chi connectivity index (χ4v) is 4.00. The maximum absolute atomic E-state index is 12.6. The molecular weight excluding hydrogens is 378 g/mol. The summed E-state index contributed by atoms with van der Waals surface area (Å²) in [6, 6.07) is 11.5. The van der Waals surface area contributed by atoms with Gasteiger partial charge in [-0.25, -0.2) is 14.5 Å². The first kappa shape index (κ1) is 20.0. The highest BCUT2D eigenvalue weighted by molar-refractivity contribution is 5.82. The van der Waals surface area contributed by atoms with Crippen molar-refractivity contribution in [2.24, 2.45) is 12.8 Å². The Morgan fingerprint density at radius 2 is 2.00 bits per heavy atom. The second-order valence-corrected chi connectivity index (χ2v) is 7.97. The van der Waals surface area contributed by atoms with E-state index in [2.05, 4.69) is 24.0 Å². The summed E-state index contributed by atoms with van der Waals surface area (Å²) < 4.78 is 3.53. The number of aromatic amines is 1. The van der Waals surface area contributed by atoms with Crippen molar-refractivity contribution in [3.05, 3.63) is 64.2 Å². The van der Waals surface area contributed by atoms with E-state index in [9.17, 15) is 9.90 Å². The monoisotopic (exact) mass is 405 g/mol. The van der Waals surface area contributed by atoms with Gasteiger partial charge in [0.25, 0.3) is 0 Å². The Bertz CT molecular complexity index is 1260. The van der Waals surface area contributed by atoms with Crippen LogP contribution < -0.4 is 11.4 Å². The first-order valence-electron chi connectivity index (χ1n) is 10.2. The van der Waals surface area contributed by atoms with Gasteiger partial charge in [0, 0.05) is 24.1 Å². The van der Waals surface area contributed by atoms with Crippen LogP contribution in [0.3, 0.4) is 0 Å². The highest BCUT2D eigenvalue weighted by Crippen LogP contribution is 2.35. The average Bonchev–Trinajstić information content (AvgIpc) is 3.28. The molecule has 0 bridgehead atoms. The van der Waals surface area contributed by atoms with Gasteiger partial charge in [0.15, 0.2) is 5.82 Å². The van der Waals surface area contributed by atoms with Crippen LogP contribution in [0.4, 0.5) is 0 Å². The zero-order valence-corrected chi connectivity index (χ0v) is 17.5. The molecule has 0 amide bonds. The summed E-state index contributed by atoms with van der Waals surface area (Å²) in [5.74, 6) is 0.754. The second kappa shape index (κ2) is 7.84. The topological polar surface area (TPSA) is 102 Å². The van der Waals surface area contributed by atoms with Gasteiger partial charge in [-0.3, -0.25) is 0 Å². The molecule has 0 atom stereocenters. The number of rotatable bonds is 6. The third-order valence-corrected chi connectivity index (χ3v) is 5.57. The molecule has 0 saturated heterocycles. The maximum atomic E-state index is 12.6. The van der Waals surface area contributed by atoms with Gasteiger partial charge in [-0.05, 0) is 72.8 Å². The number of phenolic OH excluding ortho intramolecular Hbond substituents is 1. The standard InChI is InChI=1S/C23H27N5O2/c1-14(2)18-13-19(21(29)12-15(18)5-4-9-24)22-25-26-23(30)28(22)17-6-7-20-16(11-17)8-10-27(20)3/h6-8,10-14,29H,4-5,9,24H2,1-3H3,(H,26,30). The summed E-state index contributed by atoms with van der Waals surface area (Å²) in [6.07, 6.45) is 3.63. The van der Waals surface area contributed by atoms with Crippen LogP contribution in [0.2, 0.25) is 0 Å². The third-order valence-electron chi connectivity index (χ3n) is 5.57. The Morgan fingerprint density at radius 1 is 1.20 bits per heavy atom. The lowest BCUT2D eigenvalue weighted by Crippen LogP contribution is -2.15. The fraction of sp³-hybridized carbons (Fsp3) is 0.304. The molecule has 0 aliphatic carbocycles. The van der Waals surface area contributed by atoms with E-state index in [4.69, 9.17) is 5.73 Å². The maximum Gasteiger partial charge on any atom is 0.348 e. The molecule has 0 saturated carbocycles. The van der Waals surface area contributed by atoms with Crippen molar-refractivity contribution in [2.45, 2.75) is 32.6 Å². The molecule has 0 spiro atoms. The van der Waals surface area contributed by atoms with Gasteiger partial charge in [-0.2, -0.15) is 5.10 Å². The Labute approximate surface area is 174 Å². The van der Waals surface area contributed by atoms with Gasteiger partial charge in [-0.1, -0.05) is 13.8 Å². The number of nitrogens with zero attached hydrogens (tertiary/aromatic N) is 3. The zero-order chi connectivity index (χ0) is 21.4. The molecule has 7 heteroatoms. The van der Waals surface area contributed by atoms with Crippen LogP contribution in [0.15, 0.2) is 47.4 Å². The Morgan fingerprint density at radius 3 is 2.73 bits per heavy atom. The Kier molecular flexibility index (Phi) is 5.22. The normalized spacial score (nSPS) is 11.6. The van der Waals surface area contributed by atoms with Gasteiger partial charge < -0.3 is 15.4 Å². The van der Waals surface area contributed by atoms with E-state index in [1.54, 1.807) is 6.07 Å². The zero-order valence-electron chi connectivity index (χ0n) is 17.5. The van der Waals surface area contributed by atoms with Crippen LogP contribution in [0.25, 0.3) is 28.0 Å². The number of fused-ring (bicyclic) bond motifs is 1. The first-order chi connectivity index (χ1) is 14.4. The summed E-state index contributed by atoms with van der Waals surface area (Å²) in [6.45, 7) is 4.83. The van der Waals surface area contributed by atoms with Crippen molar-refractivity contribution in [3.8, 4) is 22.8 Å². The molecule has 2 aromatic carbocycles. The highest BCUT2D eigenvalue weighted by atomic mass is 16.3. The molecule has 0 fully saturated rings. The smallest absolute Gasteiger partial charge is 0.348 e. The number of phenols is 1. The number of aryl methyl sites for hydroxylation is 2. The number of benzene rings is 2. The van der Waals surface area contributed by atoms with Crippen molar-refractivity contribution in [2.75, 3.05) is 6.54 Å². The van der Waals surface area contributed by atoms with Gasteiger partial charge >= 0.3 is 5.69 Å². The van der Waals surface area contributed by atoms with E-state index in [0.29, 0.717) is 23.6 Å². The predicted molar refractivity (Wildman–Crippen MR) is 119 cm³/mol. The third kappa shape index (κ3) is 3.41. The minimum absolute atomic E-state index is 0.104. The van der Waals surface area contributed by atoms with Crippen LogP contribution in [0, 0.1) is 0 Å². The van der Waals surface area contributed by atoms with Crippen LogP contribution >= 0.6 is 0 Å². The summed E-state index contributed by atoms with van der Waals surface area (Å²) in [4.78, 5) is 12.6. The van der Waals surface area contributed by atoms with E-state index in [-0.39, 0.29) is 17.4 Å². The lowest BCUT2D eigenvalue weighted by atomic mass is 9.91.